The Hall–Kier alpha value is -0.860. The van der Waals surface area contributed by atoms with Crippen LogP contribution in [-0.2, 0) is 0 Å². The molecule has 0 heterocycles. The van der Waals surface area contributed by atoms with E-state index in [4.69, 9.17) is 0 Å². The molecule has 0 aliphatic heterocycles. The summed E-state index contributed by atoms with van der Waals surface area (Å²) in [6, 6.07) is 7.24. The van der Waals surface area contributed by atoms with Crippen LogP contribution < -0.4 is 5.32 Å². The van der Waals surface area contributed by atoms with E-state index in [1.54, 1.807) is 0 Å². The molecule has 16 heavy (non-hydrogen) atoms. The molecule has 0 amide bonds. The SMILES string of the molecule is CNCCN(C)C(C)c1ccc(C)c(C)c1. The van der Waals surface area contributed by atoms with Crippen LogP contribution in [0.3, 0.4) is 0 Å². The number of rotatable bonds is 5. The Bertz CT molecular complexity index is 334. The average Bonchev–Trinajstić information content (AvgIpc) is 2.28. The topological polar surface area (TPSA) is 15.3 Å². The van der Waals surface area contributed by atoms with E-state index >= 15 is 0 Å². The minimum atomic E-state index is 0.479. The molecule has 0 spiro atoms. The Balaban J connectivity index is 2.71. The fourth-order valence-corrected chi connectivity index (χ4v) is 1.76. The minimum absolute atomic E-state index is 0.479. The molecule has 2 nitrogen and oxygen atoms in total. The summed E-state index contributed by atoms with van der Waals surface area (Å²) in [4.78, 5) is 2.38. The highest BCUT2D eigenvalue weighted by Gasteiger charge is 2.11. The second-order valence-corrected chi connectivity index (χ2v) is 4.60. The summed E-state index contributed by atoms with van der Waals surface area (Å²) in [6.45, 7) is 8.71. The number of hydrogen-bond donors (Lipinski definition) is 1. The third-order valence-electron chi connectivity index (χ3n) is 3.39. The molecule has 0 fully saturated rings. The van der Waals surface area contributed by atoms with Gasteiger partial charge in [0.05, 0.1) is 0 Å². The lowest BCUT2D eigenvalue weighted by Crippen LogP contribution is -2.29. The lowest BCUT2D eigenvalue weighted by atomic mass is 10.0. The fourth-order valence-electron chi connectivity index (χ4n) is 1.76. The van der Waals surface area contributed by atoms with Crippen molar-refractivity contribution in [1.29, 1.82) is 0 Å². The predicted octanol–water partition coefficient (Wildman–Crippen LogP) is 2.52. The second kappa shape index (κ2) is 6.02. The first kappa shape index (κ1) is 13.2. The number of aryl methyl sites for hydroxylation is 2. The van der Waals surface area contributed by atoms with Gasteiger partial charge in [0.15, 0.2) is 0 Å². The molecular formula is C14H24N2. The van der Waals surface area contributed by atoms with Gasteiger partial charge >= 0.3 is 0 Å². The Labute approximate surface area is 99.7 Å². The maximum absolute atomic E-state index is 3.18. The normalized spacial score (nSPS) is 13.1. The van der Waals surface area contributed by atoms with Crippen LogP contribution in [0.1, 0.15) is 29.7 Å². The van der Waals surface area contributed by atoms with Crippen LogP contribution >= 0.6 is 0 Å². The van der Waals surface area contributed by atoms with Gasteiger partial charge in [0.25, 0.3) is 0 Å². The van der Waals surface area contributed by atoms with Gasteiger partial charge in [0.1, 0.15) is 0 Å². The highest BCUT2D eigenvalue weighted by molar-refractivity contribution is 5.31. The van der Waals surface area contributed by atoms with Crippen molar-refractivity contribution in [3.63, 3.8) is 0 Å². The van der Waals surface area contributed by atoms with Gasteiger partial charge in [-0.1, -0.05) is 18.2 Å². The summed E-state index contributed by atoms with van der Waals surface area (Å²) in [5.41, 5.74) is 4.15. The molecule has 1 aromatic carbocycles. The Morgan fingerprint density at radius 2 is 1.94 bits per heavy atom. The molecule has 1 aromatic rings. The Morgan fingerprint density at radius 1 is 1.25 bits per heavy atom. The number of likely N-dealkylation sites (N-methyl/N-ethyl adjacent to an activating group) is 2. The van der Waals surface area contributed by atoms with E-state index in [0.717, 1.165) is 13.1 Å². The first-order valence-electron chi connectivity index (χ1n) is 5.98. The van der Waals surface area contributed by atoms with Crippen LogP contribution in [0.5, 0.6) is 0 Å². The quantitative estimate of drug-likeness (QED) is 0.820. The van der Waals surface area contributed by atoms with Crippen LogP contribution in [-0.4, -0.2) is 32.1 Å². The lowest BCUT2D eigenvalue weighted by Gasteiger charge is -2.25. The van der Waals surface area contributed by atoms with Crippen molar-refractivity contribution in [2.75, 3.05) is 27.2 Å². The van der Waals surface area contributed by atoms with E-state index in [9.17, 15) is 0 Å². The standard InChI is InChI=1S/C14H24N2/c1-11-6-7-14(10-12(11)2)13(3)16(5)9-8-15-4/h6-7,10,13,15H,8-9H2,1-5H3. The van der Waals surface area contributed by atoms with Crippen molar-refractivity contribution in [3.05, 3.63) is 34.9 Å². The maximum atomic E-state index is 3.18. The zero-order valence-corrected chi connectivity index (χ0v) is 11.2. The third kappa shape index (κ3) is 3.32. The van der Waals surface area contributed by atoms with Crippen molar-refractivity contribution in [1.82, 2.24) is 10.2 Å². The van der Waals surface area contributed by atoms with Gasteiger partial charge in [-0.3, -0.25) is 4.90 Å². The van der Waals surface area contributed by atoms with Crippen LogP contribution in [0.15, 0.2) is 18.2 Å². The summed E-state index contributed by atoms with van der Waals surface area (Å²) in [7, 11) is 4.17. The number of benzene rings is 1. The minimum Gasteiger partial charge on any atom is -0.318 e. The first-order chi connectivity index (χ1) is 7.56. The van der Waals surface area contributed by atoms with Crippen LogP contribution in [0.2, 0.25) is 0 Å². The van der Waals surface area contributed by atoms with Crippen molar-refractivity contribution in [2.45, 2.75) is 26.8 Å². The number of nitrogens with zero attached hydrogens (tertiary/aromatic N) is 1. The summed E-state index contributed by atoms with van der Waals surface area (Å²) in [5.74, 6) is 0. The molecule has 0 aliphatic rings. The summed E-state index contributed by atoms with van der Waals surface area (Å²) < 4.78 is 0. The lowest BCUT2D eigenvalue weighted by molar-refractivity contribution is 0.263. The molecular weight excluding hydrogens is 196 g/mol. The molecule has 1 unspecified atom stereocenters. The summed E-state index contributed by atoms with van der Waals surface area (Å²) in [6.07, 6.45) is 0. The van der Waals surface area contributed by atoms with E-state index < -0.39 is 0 Å². The van der Waals surface area contributed by atoms with Crippen molar-refractivity contribution >= 4 is 0 Å². The van der Waals surface area contributed by atoms with Gasteiger partial charge in [-0.05, 0) is 51.6 Å². The largest absolute Gasteiger partial charge is 0.318 e. The Morgan fingerprint density at radius 3 is 2.50 bits per heavy atom. The maximum Gasteiger partial charge on any atom is 0.0317 e. The molecule has 1 atom stereocenters. The molecule has 0 aliphatic carbocycles. The van der Waals surface area contributed by atoms with Crippen LogP contribution in [0, 0.1) is 13.8 Å². The molecule has 1 rings (SSSR count). The van der Waals surface area contributed by atoms with E-state index in [1.807, 2.05) is 7.05 Å². The molecule has 90 valence electrons. The monoisotopic (exact) mass is 220 g/mol. The zero-order valence-electron chi connectivity index (χ0n) is 11.2. The van der Waals surface area contributed by atoms with Gasteiger partial charge < -0.3 is 5.32 Å². The van der Waals surface area contributed by atoms with Gasteiger partial charge in [-0.25, -0.2) is 0 Å². The van der Waals surface area contributed by atoms with Gasteiger partial charge in [-0.15, -0.1) is 0 Å². The molecule has 0 aromatic heterocycles. The Kier molecular flexibility index (Phi) is 4.97. The first-order valence-corrected chi connectivity index (χ1v) is 5.98. The van der Waals surface area contributed by atoms with E-state index in [1.165, 1.54) is 16.7 Å². The van der Waals surface area contributed by atoms with E-state index in [0.29, 0.717) is 6.04 Å². The highest BCUT2D eigenvalue weighted by Crippen LogP contribution is 2.20. The molecule has 2 heteroatoms. The van der Waals surface area contributed by atoms with Crippen molar-refractivity contribution in [3.8, 4) is 0 Å². The van der Waals surface area contributed by atoms with E-state index in [-0.39, 0.29) is 0 Å². The zero-order chi connectivity index (χ0) is 12.1. The molecule has 0 saturated heterocycles. The predicted molar refractivity (Wildman–Crippen MR) is 70.9 cm³/mol. The van der Waals surface area contributed by atoms with Gasteiger partial charge in [-0.2, -0.15) is 0 Å². The number of nitrogens with one attached hydrogen (secondary N) is 1. The van der Waals surface area contributed by atoms with Crippen LogP contribution in [0.25, 0.3) is 0 Å². The summed E-state index contributed by atoms with van der Waals surface area (Å²) in [5, 5.41) is 3.18. The average molecular weight is 220 g/mol. The second-order valence-electron chi connectivity index (χ2n) is 4.60. The molecule has 0 saturated carbocycles. The fraction of sp³-hybridized carbons (Fsp3) is 0.571. The van der Waals surface area contributed by atoms with Gasteiger partial charge in [0.2, 0.25) is 0 Å². The number of hydrogen-bond acceptors (Lipinski definition) is 2. The van der Waals surface area contributed by atoms with Gasteiger partial charge in [0, 0.05) is 19.1 Å². The molecule has 1 N–H and O–H groups in total. The third-order valence-corrected chi connectivity index (χ3v) is 3.39. The van der Waals surface area contributed by atoms with Crippen LogP contribution in [0.4, 0.5) is 0 Å². The molecule has 0 radical (unpaired) electrons. The highest BCUT2D eigenvalue weighted by atomic mass is 15.1. The van der Waals surface area contributed by atoms with E-state index in [2.05, 4.69) is 56.2 Å². The van der Waals surface area contributed by atoms with Crippen molar-refractivity contribution < 1.29 is 0 Å². The van der Waals surface area contributed by atoms with Crippen molar-refractivity contribution in [2.24, 2.45) is 0 Å². The molecule has 0 bridgehead atoms. The summed E-state index contributed by atoms with van der Waals surface area (Å²) >= 11 is 0. The smallest absolute Gasteiger partial charge is 0.0317 e.